The number of nitrogens with one attached hydrogen (secondary N) is 1. The summed E-state index contributed by atoms with van der Waals surface area (Å²) >= 11 is 0. The number of carboxylic acids is 1. The molecule has 27 heavy (non-hydrogen) atoms. The van der Waals surface area contributed by atoms with Crippen LogP contribution in [-0.2, 0) is 9.53 Å². The van der Waals surface area contributed by atoms with E-state index in [0.717, 1.165) is 22.3 Å². The first-order valence-electron chi connectivity index (χ1n) is 8.79. The van der Waals surface area contributed by atoms with Gasteiger partial charge in [-0.2, -0.15) is 0 Å². The van der Waals surface area contributed by atoms with E-state index in [0.29, 0.717) is 0 Å². The summed E-state index contributed by atoms with van der Waals surface area (Å²) in [5.41, 5.74) is 2.60. The van der Waals surface area contributed by atoms with Crippen LogP contribution in [0.5, 0.6) is 0 Å². The molecule has 0 bridgehead atoms. The van der Waals surface area contributed by atoms with Gasteiger partial charge in [0.25, 0.3) is 0 Å². The Morgan fingerprint density at radius 1 is 1.11 bits per heavy atom. The van der Waals surface area contributed by atoms with Gasteiger partial charge in [0.1, 0.15) is 18.3 Å². The van der Waals surface area contributed by atoms with Crippen molar-refractivity contribution in [3.05, 3.63) is 59.7 Å². The standard InChI is InChI=1S/C21H22FNO4/c1-21(2,22)11-18(19(24)25)23-20(26)27-12-17-15-9-5-3-7-13(15)14-8-4-6-10-16(14)17/h3-10,17-18H,11-12H2,1-2H3,(H,23,26)(H,24,25)/t18-/m0/s1. The predicted molar refractivity (Wildman–Crippen MR) is 99.4 cm³/mol. The molecular formula is C21H22FNO4. The Bertz CT molecular complexity index is 814. The second-order valence-electron chi connectivity index (χ2n) is 7.28. The van der Waals surface area contributed by atoms with Crippen LogP contribution in [0.3, 0.4) is 0 Å². The van der Waals surface area contributed by atoms with E-state index in [1.807, 2.05) is 48.5 Å². The third-order valence-corrected chi connectivity index (χ3v) is 4.62. The maximum Gasteiger partial charge on any atom is 0.407 e. The normalized spacial score (nSPS) is 14.2. The summed E-state index contributed by atoms with van der Waals surface area (Å²) in [6.45, 7) is 2.61. The van der Waals surface area contributed by atoms with Crippen LogP contribution in [0.15, 0.2) is 48.5 Å². The lowest BCUT2D eigenvalue weighted by atomic mass is 9.98. The number of hydrogen-bond donors (Lipinski definition) is 2. The number of rotatable bonds is 6. The summed E-state index contributed by atoms with van der Waals surface area (Å²) in [5.74, 6) is -1.42. The number of ether oxygens (including phenoxy) is 1. The Hall–Kier alpha value is -2.89. The van der Waals surface area contributed by atoms with Gasteiger partial charge in [-0.3, -0.25) is 0 Å². The zero-order chi connectivity index (χ0) is 19.6. The average molecular weight is 371 g/mol. The van der Waals surface area contributed by atoms with Gasteiger partial charge in [-0.05, 0) is 36.1 Å². The summed E-state index contributed by atoms with van der Waals surface area (Å²) in [7, 11) is 0. The molecule has 0 saturated carbocycles. The van der Waals surface area contributed by atoms with Gasteiger partial charge in [0.15, 0.2) is 0 Å². The Labute approximate surface area is 157 Å². The highest BCUT2D eigenvalue weighted by Gasteiger charge is 2.31. The topological polar surface area (TPSA) is 75.6 Å². The molecule has 0 heterocycles. The largest absolute Gasteiger partial charge is 0.480 e. The molecule has 2 aromatic carbocycles. The second-order valence-corrected chi connectivity index (χ2v) is 7.28. The van der Waals surface area contributed by atoms with Crippen LogP contribution < -0.4 is 5.32 Å². The minimum absolute atomic E-state index is 0.0746. The number of carbonyl (C=O) groups excluding carboxylic acids is 1. The van der Waals surface area contributed by atoms with Gasteiger partial charge in [0, 0.05) is 12.3 Å². The molecule has 0 unspecified atom stereocenters. The SMILES string of the molecule is CC(C)(F)C[C@H](NC(=O)OCC1c2ccccc2-c2ccccc21)C(=O)O. The summed E-state index contributed by atoms with van der Waals surface area (Å²) < 4.78 is 19.1. The van der Waals surface area contributed by atoms with Gasteiger partial charge in [-0.1, -0.05) is 48.5 Å². The maximum atomic E-state index is 13.8. The van der Waals surface area contributed by atoms with Gasteiger partial charge in [0.2, 0.25) is 0 Å². The highest BCUT2D eigenvalue weighted by molar-refractivity contribution is 5.81. The number of alkyl halides is 1. The van der Waals surface area contributed by atoms with E-state index >= 15 is 0 Å². The van der Waals surface area contributed by atoms with Gasteiger partial charge >= 0.3 is 12.1 Å². The van der Waals surface area contributed by atoms with Crippen molar-refractivity contribution in [1.29, 1.82) is 0 Å². The summed E-state index contributed by atoms with van der Waals surface area (Å²) in [6.07, 6.45) is -1.21. The number of benzene rings is 2. The monoisotopic (exact) mass is 371 g/mol. The fourth-order valence-electron chi connectivity index (χ4n) is 3.47. The molecule has 5 nitrogen and oxygen atoms in total. The molecule has 142 valence electrons. The van der Waals surface area contributed by atoms with Crippen molar-refractivity contribution in [2.45, 2.75) is 37.9 Å². The van der Waals surface area contributed by atoms with Gasteiger partial charge in [-0.15, -0.1) is 0 Å². The van der Waals surface area contributed by atoms with Crippen molar-refractivity contribution < 1.29 is 23.8 Å². The van der Waals surface area contributed by atoms with Crippen LogP contribution in [0.1, 0.15) is 37.3 Å². The first-order chi connectivity index (χ1) is 12.8. The van der Waals surface area contributed by atoms with E-state index in [-0.39, 0.29) is 18.9 Å². The van der Waals surface area contributed by atoms with Crippen molar-refractivity contribution in [3.8, 4) is 11.1 Å². The number of amides is 1. The third-order valence-electron chi connectivity index (χ3n) is 4.62. The van der Waals surface area contributed by atoms with E-state index < -0.39 is 23.8 Å². The maximum absolute atomic E-state index is 13.8. The lowest BCUT2D eigenvalue weighted by Crippen LogP contribution is -2.44. The first-order valence-corrected chi connectivity index (χ1v) is 8.79. The van der Waals surface area contributed by atoms with E-state index in [1.54, 1.807) is 0 Å². The quantitative estimate of drug-likeness (QED) is 0.801. The number of carboxylic acid groups (broad SMARTS) is 1. The van der Waals surface area contributed by atoms with Crippen LogP contribution in [0.2, 0.25) is 0 Å². The lowest BCUT2D eigenvalue weighted by Gasteiger charge is -2.21. The van der Waals surface area contributed by atoms with Crippen LogP contribution in [0, 0.1) is 0 Å². The van der Waals surface area contributed by atoms with Crippen molar-refractivity contribution in [1.82, 2.24) is 5.32 Å². The van der Waals surface area contributed by atoms with Gasteiger partial charge < -0.3 is 15.2 Å². The lowest BCUT2D eigenvalue weighted by molar-refractivity contribution is -0.140. The van der Waals surface area contributed by atoms with Crippen molar-refractivity contribution >= 4 is 12.1 Å². The molecule has 2 N–H and O–H groups in total. The number of fused-ring (bicyclic) bond motifs is 3. The Morgan fingerprint density at radius 3 is 2.11 bits per heavy atom. The van der Waals surface area contributed by atoms with Gasteiger partial charge in [0.05, 0.1) is 0 Å². The molecule has 1 atom stereocenters. The fraction of sp³-hybridized carbons (Fsp3) is 0.333. The first kappa shape index (κ1) is 18.9. The molecule has 1 amide bonds. The minimum Gasteiger partial charge on any atom is -0.480 e. The fourth-order valence-corrected chi connectivity index (χ4v) is 3.47. The van der Waals surface area contributed by atoms with Crippen molar-refractivity contribution in [3.63, 3.8) is 0 Å². The molecule has 0 radical (unpaired) electrons. The number of carbonyl (C=O) groups is 2. The predicted octanol–water partition coefficient (Wildman–Crippen LogP) is 4.12. The number of halogens is 1. The molecule has 0 spiro atoms. The molecule has 1 aliphatic rings. The smallest absolute Gasteiger partial charge is 0.407 e. The number of hydrogen-bond acceptors (Lipinski definition) is 3. The summed E-state index contributed by atoms with van der Waals surface area (Å²) in [4.78, 5) is 23.4. The minimum atomic E-state index is -1.72. The zero-order valence-corrected chi connectivity index (χ0v) is 15.2. The molecule has 1 aliphatic carbocycles. The van der Waals surface area contributed by atoms with E-state index in [4.69, 9.17) is 4.74 Å². The number of alkyl carbamates (subject to hydrolysis) is 1. The molecular weight excluding hydrogens is 349 g/mol. The van der Waals surface area contributed by atoms with E-state index in [9.17, 15) is 19.1 Å². The number of aliphatic carboxylic acids is 1. The highest BCUT2D eigenvalue weighted by Crippen LogP contribution is 2.44. The Morgan fingerprint density at radius 2 is 1.63 bits per heavy atom. The van der Waals surface area contributed by atoms with Gasteiger partial charge in [-0.25, -0.2) is 14.0 Å². The molecule has 6 heteroatoms. The average Bonchev–Trinajstić information content (AvgIpc) is 2.92. The molecule has 3 rings (SSSR count). The van der Waals surface area contributed by atoms with Crippen molar-refractivity contribution in [2.75, 3.05) is 6.61 Å². The van der Waals surface area contributed by atoms with Crippen LogP contribution in [-0.4, -0.2) is 35.5 Å². The van der Waals surface area contributed by atoms with Crippen LogP contribution >= 0.6 is 0 Å². The van der Waals surface area contributed by atoms with Crippen LogP contribution in [0.25, 0.3) is 11.1 Å². The zero-order valence-electron chi connectivity index (χ0n) is 15.2. The molecule has 0 aliphatic heterocycles. The third kappa shape index (κ3) is 4.27. The Kier molecular flexibility index (Phi) is 5.17. The molecule has 0 saturated heterocycles. The summed E-state index contributed by atoms with van der Waals surface area (Å²) in [5, 5.41) is 11.4. The molecule has 0 aromatic heterocycles. The second kappa shape index (κ2) is 7.39. The van der Waals surface area contributed by atoms with E-state index in [2.05, 4.69) is 5.32 Å². The Balaban J connectivity index is 1.69. The highest BCUT2D eigenvalue weighted by atomic mass is 19.1. The molecule has 0 fully saturated rings. The van der Waals surface area contributed by atoms with Crippen LogP contribution in [0.4, 0.5) is 9.18 Å². The van der Waals surface area contributed by atoms with Crippen molar-refractivity contribution in [2.24, 2.45) is 0 Å². The van der Waals surface area contributed by atoms with E-state index in [1.165, 1.54) is 13.8 Å². The summed E-state index contributed by atoms with van der Waals surface area (Å²) in [6, 6.07) is 14.5. The molecule has 2 aromatic rings.